The number of nitrogens with zero attached hydrogens (tertiary/aromatic N) is 1. The van der Waals surface area contributed by atoms with E-state index in [-0.39, 0.29) is 12.2 Å². The van der Waals surface area contributed by atoms with Crippen LogP contribution >= 0.6 is 0 Å². The summed E-state index contributed by atoms with van der Waals surface area (Å²) in [5.41, 5.74) is 1.42. The molecule has 2 N–H and O–H groups in total. The summed E-state index contributed by atoms with van der Waals surface area (Å²) in [6.07, 6.45) is 1.31. The van der Waals surface area contributed by atoms with Crippen LogP contribution in [0.5, 0.6) is 5.75 Å². The number of phenolic OH excluding ortho intramolecular Hbond substituents is 1. The van der Waals surface area contributed by atoms with Gasteiger partial charge in [-0.2, -0.15) is 0 Å². The smallest absolute Gasteiger partial charge is 0.307 e. The number of aromatic hydroxyl groups is 1. The van der Waals surface area contributed by atoms with Gasteiger partial charge in [0.05, 0.1) is 12.1 Å². The zero-order valence-electron chi connectivity index (χ0n) is 9.30. The molecule has 1 aromatic carbocycles. The Bertz CT molecular complexity index is 581. The van der Waals surface area contributed by atoms with Crippen LogP contribution in [-0.4, -0.2) is 21.2 Å². The minimum atomic E-state index is -0.936. The predicted octanol–water partition coefficient (Wildman–Crippen LogP) is 2.22. The van der Waals surface area contributed by atoms with Crippen molar-refractivity contribution in [2.75, 3.05) is 0 Å². The Labute approximate surface area is 102 Å². The van der Waals surface area contributed by atoms with Crippen LogP contribution in [0.2, 0.25) is 0 Å². The molecule has 0 saturated heterocycles. The molecule has 0 radical (unpaired) electrons. The standard InChI is InChI=1S/C13H10FNO3/c14-9-2-3-10(12(16)6-9)11-4-1-8(7-15-11)5-13(17)18/h1-4,6-7,16H,5H2,(H,17,18). The normalized spacial score (nSPS) is 10.3. The molecule has 0 aliphatic carbocycles. The highest BCUT2D eigenvalue weighted by Crippen LogP contribution is 2.28. The van der Waals surface area contributed by atoms with E-state index in [0.29, 0.717) is 16.8 Å². The van der Waals surface area contributed by atoms with E-state index < -0.39 is 11.8 Å². The molecule has 0 atom stereocenters. The Hall–Kier alpha value is -2.43. The maximum atomic E-state index is 12.8. The summed E-state index contributed by atoms with van der Waals surface area (Å²) in [7, 11) is 0. The largest absolute Gasteiger partial charge is 0.507 e. The lowest BCUT2D eigenvalue weighted by Gasteiger charge is -2.04. The van der Waals surface area contributed by atoms with E-state index in [1.165, 1.54) is 18.3 Å². The molecule has 2 aromatic rings. The Balaban J connectivity index is 2.31. The Kier molecular flexibility index (Phi) is 3.23. The second-order valence-electron chi connectivity index (χ2n) is 3.78. The van der Waals surface area contributed by atoms with Gasteiger partial charge >= 0.3 is 5.97 Å². The van der Waals surface area contributed by atoms with Gasteiger partial charge in [-0.3, -0.25) is 9.78 Å². The number of carboxylic acids is 1. The molecule has 18 heavy (non-hydrogen) atoms. The molecular formula is C13H10FNO3. The average molecular weight is 247 g/mol. The number of hydrogen-bond donors (Lipinski definition) is 2. The summed E-state index contributed by atoms with van der Waals surface area (Å²) in [5, 5.41) is 18.2. The highest BCUT2D eigenvalue weighted by Gasteiger charge is 2.07. The minimum Gasteiger partial charge on any atom is -0.507 e. The lowest BCUT2D eigenvalue weighted by Crippen LogP contribution is -2.00. The molecule has 4 nitrogen and oxygen atoms in total. The van der Waals surface area contributed by atoms with E-state index in [0.717, 1.165) is 6.07 Å². The predicted molar refractivity (Wildman–Crippen MR) is 62.6 cm³/mol. The Morgan fingerprint density at radius 2 is 2.06 bits per heavy atom. The molecule has 0 unspecified atom stereocenters. The zero-order chi connectivity index (χ0) is 13.1. The van der Waals surface area contributed by atoms with E-state index >= 15 is 0 Å². The van der Waals surface area contributed by atoms with Gasteiger partial charge < -0.3 is 10.2 Å². The van der Waals surface area contributed by atoms with Crippen LogP contribution in [0.25, 0.3) is 11.3 Å². The summed E-state index contributed by atoms with van der Waals surface area (Å²) in [5.74, 6) is -1.67. The molecule has 1 aromatic heterocycles. The number of rotatable bonds is 3. The number of hydrogen-bond acceptors (Lipinski definition) is 3. The summed E-state index contributed by atoms with van der Waals surface area (Å²) in [6, 6.07) is 6.85. The summed E-state index contributed by atoms with van der Waals surface area (Å²) >= 11 is 0. The van der Waals surface area contributed by atoms with Crippen LogP contribution in [0.3, 0.4) is 0 Å². The summed E-state index contributed by atoms with van der Waals surface area (Å²) in [4.78, 5) is 14.6. The Morgan fingerprint density at radius 3 is 2.61 bits per heavy atom. The van der Waals surface area contributed by atoms with Crippen molar-refractivity contribution >= 4 is 5.97 Å². The van der Waals surface area contributed by atoms with E-state index in [9.17, 15) is 14.3 Å². The van der Waals surface area contributed by atoms with E-state index in [1.54, 1.807) is 12.1 Å². The zero-order valence-corrected chi connectivity index (χ0v) is 9.30. The molecule has 0 aliphatic rings. The lowest BCUT2D eigenvalue weighted by molar-refractivity contribution is -0.136. The van der Waals surface area contributed by atoms with E-state index in [2.05, 4.69) is 4.98 Å². The first-order valence-electron chi connectivity index (χ1n) is 5.22. The summed E-state index contributed by atoms with van der Waals surface area (Å²) < 4.78 is 12.8. The maximum absolute atomic E-state index is 12.8. The van der Waals surface area contributed by atoms with E-state index in [4.69, 9.17) is 5.11 Å². The van der Waals surface area contributed by atoms with Gasteiger partial charge in [0.2, 0.25) is 0 Å². The van der Waals surface area contributed by atoms with Gasteiger partial charge in [-0.15, -0.1) is 0 Å². The third kappa shape index (κ3) is 2.63. The fourth-order valence-electron chi connectivity index (χ4n) is 1.58. The first-order valence-corrected chi connectivity index (χ1v) is 5.22. The molecule has 92 valence electrons. The molecule has 0 spiro atoms. The number of aromatic nitrogens is 1. The molecule has 0 fully saturated rings. The number of pyridine rings is 1. The number of carbonyl (C=O) groups is 1. The molecule has 0 aliphatic heterocycles. The van der Waals surface area contributed by atoms with Gasteiger partial charge in [-0.25, -0.2) is 4.39 Å². The fourth-order valence-corrected chi connectivity index (χ4v) is 1.58. The molecule has 0 amide bonds. The monoisotopic (exact) mass is 247 g/mol. The number of aliphatic carboxylic acids is 1. The third-order valence-corrected chi connectivity index (χ3v) is 2.42. The van der Waals surface area contributed by atoms with Gasteiger partial charge in [0.15, 0.2) is 0 Å². The van der Waals surface area contributed by atoms with Gasteiger partial charge in [-0.1, -0.05) is 6.07 Å². The SMILES string of the molecule is O=C(O)Cc1ccc(-c2ccc(F)cc2O)nc1. The number of benzene rings is 1. The van der Waals surface area contributed by atoms with Crippen molar-refractivity contribution < 1.29 is 19.4 Å². The van der Waals surface area contributed by atoms with Crippen molar-refractivity contribution in [3.63, 3.8) is 0 Å². The summed E-state index contributed by atoms with van der Waals surface area (Å²) in [6.45, 7) is 0. The van der Waals surface area contributed by atoms with Crippen molar-refractivity contribution in [3.05, 3.63) is 47.9 Å². The van der Waals surface area contributed by atoms with Gasteiger partial charge in [0, 0.05) is 17.8 Å². The van der Waals surface area contributed by atoms with Crippen LogP contribution in [0, 0.1) is 5.82 Å². The molecule has 5 heteroatoms. The number of carboxylic acid groups (broad SMARTS) is 1. The second kappa shape index (κ2) is 4.83. The van der Waals surface area contributed by atoms with Crippen LogP contribution < -0.4 is 0 Å². The van der Waals surface area contributed by atoms with Crippen LogP contribution in [0.15, 0.2) is 36.5 Å². The Morgan fingerprint density at radius 1 is 1.28 bits per heavy atom. The number of phenols is 1. The quantitative estimate of drug-likeness (QED) is 0.872. The topological polar surface area (TPSA) is 70.4 Å². The van der Waals surface area contributed by atoms with Crippen LogP contribution in [0.4, 0.5) is 4.39 Å². The lowest BCUT2D eigenvalue weighted by atomic mass is 10.1. The fraction of sp³-hybridized carbons (Fsp3) is 0.0769. The van der Waals surface area contributed by atoms with E-state index in [1.807, 2.05) is 0 Å². The first-order chi connectivity index (χ1) is 8.56. The van der Waals surface area contributed by atoms with Crippen molar-refractivity contribution in [2.24, 2.45) is 0 Å². The van der Waals surface area contributed by atoms with Crippen molar-refractivity contribution in [1.82, 2.24) is 4.98 Å². The molecule has 0 saturated carbocycles. The van der Waals surface area contributed by atoms with Crippen LogP contribution in [0.1, 0.15) is 5.56 Å². The highest BCUT2D eigenvalue weighted by molar-refractivity contribution is 5.71. The molecule has 2 rings (SSSR count). The molecule has 0 bridgehead atoms. The second-order valence-corrected chi connectivity index (χ2v) is 3.78. The minimum absolute atomic E-state index is 0.108. The third-order valence-electron chi connectivity index (χ3n) is 2.42. The number of halogens is 1. The van der Waals surface area contributed by atoms with Gasteiger partial charge in [-0.05, 0) is 23.8 Å². The molecular weight excluding hydrogens is 237 g/mol. The van der Waals surface area contributed by atoms with Crippen molar-refractivity contribution in [1.29, 1.82) is 0 Å². The first kappa shape index (κ1) is 12.0. The van der Waals surface area contributed by atoms with Crippen molar-refractivity contribution in [2.45, 2.75) is 6.42 Å². The molecule has 1 heterocycles. The average Bonchev–Trinajstić information content (AvgIpc) is 2.30. The van der Waals surface area contributed by atoms with Gasteiger partial charge in [0.25, 0.3) is 0 Å². The maximum Gasteiger partial charge on any atom is 0.307 e. The van der Waals surface area contributed by atoms with Crippen LogP contribution in [-0.2, 0) is 11.2 Å². The van der Waals surface area contributed by atoms with Gasteiger partial charge in [0.1, 0.15) is 11.6 Å². The highest BCUT2D eigenvalue weighted by atomic mass is 19.1. The van der Waals surface area contributed by atoms with Crippen molar-refractivity contribution in [3.8, 4) is 17.0 Å².